The van der Waals surface area contributed by atoms with E-state index >= 15 is 0 Å². The Morgan fingerprint density at radius 3 is 1.93 bits per heavy atom. The average molecular weight is 611 g/mol. The number of hydrogen-bond acceptors (Lipinski definition) is 8. The molecule has 11 heteroatoms. The molecule has 0 aliphatic heterocycles. The third-order valence-electron chi connectivity index (χ3n) is 7.17. The minimum atomic E-state index is -3.95. The van der Waals surface area contributed by atoms with Crippen LogP contribution in [0.2, 0.25) is 0 Å². The number of hydrogen-bond donors (Lipinski definition) is 2. The normalized spacial score (nSPS) is 12.6. The zero-order valence-corrected chi connectivity index (χ0v) is 26.6. The molecule has 3 rings (SSSR count). The highest BCUT2D eigenvalue weighted by Crippen LogP contribution is 2.32. The van der Waals surface area contributed by atoms with Gasteiger partial charge in [0.15, 0.2) is 0 Å². The molecule has 0 amide bonds. The standard InChI is InChI=1S/C32H46N6O4S/c1-35(2)20-11-22-37(23-12-21-36(3)4)24-19-33-43(41,42)29-17-18-30(32(26-29)38(39)40)34-31(28-15-9-6-10-16-28)25-27-13-7-5-8-14-27/h5-10,13-18,26,31,33-34H,11-12,19-25H2,1-4H3. The first-order chi connectivity index (χ1) is 20.5. The van der Waals surface area contributed by atoms with Crippen molar-refractivity contribution in [1.82, 2.24) is 19.4 Å². The first-order valence-electron chi connectivity index (χ1n) is 14.7. The molecule has 0 aromatic heterocycles. The van der Waals surface area contributed by atoms with Crippen LogP contribution in [0.3, 0.4) is 0 Å². The SMILES string of the molecule is CN(C)CCCN(CCCN(C)C)CCNS(=O)(=O)c1ccc(NC(Cc2ccccc2)c2ccccc2)c([N+](=O)[O-])c1. The molecule has 10 nitrogen and oxygen atoms in total. The molecular formula is C32H46N6O4S. The summed E-state index contributed by atoms with van der Waals surface area (Å²) in [6.07, 6.45) is 2.57. The van der Waals surface area contributed by atoms with Crippen LogP contribution in [-0.2, 0) is 16.4 Å². The molecule has 0 spiro atoms. The van der Waals surface area contributed by atoms with Gasteiger partial charge in [-0.1, -0.05) is 60.7 Å². The molecule has 0 saturated heterocycles. The van der Waals surface area contributed by atoms with Crippen LogP contribution in [0, 0.1) is 10.1 Å². The van der Waals surface area contributed by atoms with Crippen molar-refractivity contribution >= 4 is 21.4 Å². The van der Waals surface area contributed by atoms with Crippen molar-refractivity contribution in [3.63, 3.8) is 0 Å². The molecule has 0 saturated carbocycles. The number of nitrogens with one attached hydrogen (secondary N) is 2. The molecule has 0 fully saturated rings. The van der Waals surface area contributed by atoms with E-state index in [0.29, 0.717) is 13.0 Å². The van der Waals surface area contributed by atoms with Crippen LogP contribution in [0.25, 0.3) is 0 Å². The molecule has 234 valence electrons. The zero-order chi connectivity index (χ0) is 31.2. The molecule has 1 unspecified atom stereocenters. The van der Waals surface area contributed by atoms with Gasteiger partial charge < -0.3 is 20.0 Å². The fraction of sp³-hybridized carbons (Fsp3) is 0.438. The largest absolute Gasteiger partial charge is 0.372 e. The van der Waals surface area contributed by atoms with E-state index in [-0.39, 0.29) is 28.9 Å². The van der Waals surface area contributed by atoms with Gasteiger partial charge in [-0.15, -0.1) is 0 Å². The van der Waals surface area contributed by atoms with Crippen molar-refractivity contribution in [2.45, 2.75) is 30.2 Å². The van der Waals surface area contributed by atoms with Gasteiger partial charge in [0.2, 0.25) is 10.0 Å². The first-order valence-corrected chi connectivity index (χ1v) is 16.2. The maximum atomic E-state index is 13.2. The second kappa shape index (κ2) is 17.1. The van der Waals surface area contributed by atoms with Gasteiger partial charge in [0.25, 0.3) is 5.69 Å². The van der Waals surface area contributed by atoms with E-state index in [4.69, 9.17) is 0 Å². The van der Waals surface area contributed by atoms with Gasteiger partial charge in [0, 0.05) is 19.2 Å². The lowest BCUT2D eigenvalue weighted by atomic mass is 9.98. The molecule has 0 heterocycles. The fourth-order valence-electron chi connectivity index (χ4n) is 4.90. The number of nitrogens with zero attached hydrogens (tertiary/aromatic N) is 4. The van der Waals surface area contributed by atoms with E-state index in [1.54, 1.807) is 0 Å². The van der Waals surface area contributed by atoms with E-state index in [2.05, 4.69) is 24.7 Å². The summed E-state index contributed by atoms with van der Waals surface area (Å²) in [5.41, 5.74) is 2.03. The third-order valence-corrected chi connectivity index (χ3v) is 8.63. The maximum absolute atomic E-state index is 13.2. The maximum Gasteiger partial charge on any atom is 0.293 e. The average Bonchev–Trinajstić information content (AvgIpc) is 2.97. The van der Waals surface area contributed by atoms with E-state index in [1.807, 2.05) is 88.9 Å². The molecule has 1 atom stereocenters. The summed E-state index contributed by atoms with van der Waals surface area (Å²) < 4.78 is 29.1. The summed E-state index contributed by atoms with van der Waals surface area (Å²) in [6.45, 7) is 4.41. The number of nitro groups is 1. The lowest BCUT2D eigenvalue weighted by Crippen LogP contribution is -2.37. The van der Waals surface area contributed by atoms with Crippen molar-refractivity contribution in [3.05, 3.63) is 100 Å². The number of anilines is 1. The second-order valence-corrected chi connectivity index (χ2v) is 13.1. The topological polar surface area (TPSA) is 111 Å². The Morgan fingerprint density at radius 1 is 0.791 bits per heavy atom. The lowest BCUT2D eigenvalue weighted by Gasteiger charge is -2.24. The van der Waals surface area contributed by atoms with Gasteiger partial charge >= 0.3 is 0 Å². The summed E-state index contributed by atoms with van der Waals surface area (Å²) in [7, 11) is 4.20. The van der Waals surface area contributed by atoms with Crippen molar-refractivity contribution in [1.29, 1.82) is 0 Å². The van der Waals surface area contributed by atoms with E-state index in [0.717, 1.165) is 56.2 Å². The second-order valence-electron chi connectivity index (χ2n) is 11.3. The molecular weight excluding hydrogens is 564 g/mol. The summed E-state index contributed by atoms with van der Waals surface area (Å²) >= 11 is 0. The van der Waals surface area contributed by atoms with Crippen LogP contribution in [0.4, 0.5) is 11.4 Å². The Hall–Kier alpha value is -3.35. The highest BCUT2D eigenvalue weighted by molar-refractivity contribution is 7.89. The molecule has 0 aliphatic rings. The molecule has 43 heavy (non-hydrogen) atoms. The first kappa shape index (κ1) is 34.1. The van der Waals surface area contributed by atoms with Crippen molar-refractivity contribution in [3.8, 4) is 0 Å². The third kappa shape index (κ3) is 11.7. The molecule has 0 bridgehead atoms. The fourth-order valence-corrected chi connectivity index (χ4v) is 5.95. The highest BCUT2D eigenvalue weighted by Gasteiger charge is 2.24. The Morgan fingerprint density at radius 2 is 1.37 bits per heavy atom. The quantitative estimate of drug-likeness (QED) is 0.151. The van der Waals surface area contributed by atoms with Crippen LogP contribution < -0.4 is 10.0 Å². The van der Waals surface area contributed by atoms with Gasteiger partial charge in [-0.25, -0.2) is 13.1 Å². The molecule has 0 radical (unpaired) electrons. The van der Waals surface area contributed by atoms with E-state index < -0.39 is 14.9 Å². The minimum Gasteiger partial charge on any atom is -0.372 e. The van der Waals surface area contributed by atoms with Gasteiger partial charge in [-0.3, -0.25) is 10.1 Å². The highest BCUT2D eigenvalue weighted by atomic mass is 32.2. The Kier molecular flexibility index (Phi) is 13.6. The van der Waals surface area contributed by atoms with Crippen LogP contribution in [0.1, 0.15) is 30.0 Å². The smallest absolute Gasteiger partial charge is 0.293 e. The number of sulfonamides is 1. The monoisotopic (exact) mass is 610 g/mol. The van der Waals surface area contributed by atoms with Crippen LogP contribution in [-0.4, -0.2) is 95.5 Å². The van der Waals surface area contributed by atoms with Crippen LogP contribution >= 0.6 is 0 Å². The van der Waals surface area contributed by atoms with E-state index in [1.165, 1.54) is 12.1 Å². The molecule has 0 aliphatic carbocycles. The molecule has 2 N–H and O–H groups in total. The number of nitro benzene ring substituents is 1. The van der Waals surface area contributed by atoms with Crippen molar-refractivity contribution < 1.29 is 13.3 Å². The van der Waals surface area contributed by atoms with Gasteiger partial charge in [-0.2, -0.15) is 0 Å². The van der Waals surface area contributed by atoms with Gasteiger partial charge in [0.05, 0.1) is 15.9 Å². The summed E-state index contributed by atoms with van der Waals surface area (Å²) in [5, 5.41) is 15.4. The number of rotatable bonds is 19. The Bertz CT molecular complexity index is 1360. The predicted octanol–water partition coefficient (Wildman–Crippen LogP) is 4.47. The lowest BCUT2D eigenvalue weighted by molar-refractivity contribution is -0.384. The Labute approximate surface area is 256 Å². The van der Waals surface area contributed by atoms with Crippen molar-refractivity contribution in [2.75, 3.05) is 72.8 Å². The summed E-state index contributed by atoms with van der Waals surface area (Å²) in [6, 6.07) is 23.4. The van der Waals surface area contributed by atoms with Crippen LogP contribution in [0.5, 0.6) is 0 Å². The number of benzene rings is 3. The van der Waals surface area contributed by atoms with Crippen molar-refractivity contribution in [2.24, 2.45) is 0 Å². The van der Waals surface area contributed by atoms with E-state index in [9.17, 15) is 18.5 Å². The van der Waals surface area contributed by atoms with Gasteiger partial charge in [0.1, 0.15) is 5.69 Å². The predicted molar refractivity (Wildman–Crippen MR) is 174 cm³/mol. The molecule has 3 aromatic carbocycles. The minimum absolute atomic E-state index is 0.129. The zero-order valence-electron chi connectivity index (χ0n) is 25.8. The summed E-state index contributed by atoms with van der Waals surface area (Å²) in [4.78, 5) is 18.0. The van der Waals surface area contributed by atoms with Crippen LogP contribution in [0.15, 0.2) is 83.8 Å². The summed E-state index contributed by atoms with van der Waals surface area (Å²) in [5.74, 6) is 0. The Balaban J connectivity index is 1.73. The molecule has 3 aromatic rings. The van der Waals surface area contributed by atoms with Gasteiger partial charge in [-0.05, 0) is 96.9 Å².